The van der Waals surface area contributed by atoms with Gasteiger partial charge in [-0.15, -0.1) is 0 Å². The molecule has 2 N–H and O–H groups in total. The van der Waals surface area contributed by atoms with E-state index < -0.39 is 11.7 Å². The smallest absolute Gasteiger partial charge is 0.283 e. The van der Waals surface area contributed by atoms with E-state index in [-0.39, 0.29) is 0 Å². The van der Waals surface area contributed by atoms with E-state index >= 15 is 0 Å². The first-order valence-corrected chi connectivity index (χ1v) is 11.7. The number of hydrogen-bond acceptors (Lipinski definition) is 7. The molecule has 0 fully saturated rings. The topological polar surface area (TPSA) is 96.7 Å². The predicted molar refractivity (Wildman–Crippen MR) is 141 cm³/mol. The Morgan fingerprint density at radius 1 is 1.19 bits per heavy atom. The molecule has 10 heteroatoms. The fourth-order valence-corrected chi connectivity index (χ4v) is 4.24. The van der Waals surface area contributed by atoms with Crippen molar-refractivity contribution in [3.63, 3.8) is 0 Å². The summed E-state index contributed by atoms with van der Waals surface area (Å²) >= 11 is 0. The second-order valence-electron chi connectivity index (χ2n) is 8.68. The van der Waals surface area contributed by atoms with Gasteiger partial charge in [0.15, 0.2) is 5.83 Å². The van der Waals surface area contributed by atoms with Gasteiger partial charge in [-0.3, -0.25) is 4.79 Å². The highest BCUT2D eigenvalue weighted by atomic mass is 19.1. The maximum Gasteiger partial charge on any atom is 0.283 e. The zero-order chi connectivity index (χ0) is 25.9. The summed E-state index contributed by atoms with van der Waals surface area (Å²) in [5.41, 5.74) is 5.19. The number of hydrogen-bond donors (Lipinski definition) is 2. The Labute approximate surface area is 213 Å². The third kappa shape index (κ3) is 5.05. The lowest BCUT2D eigenvalue weighted by atomic mass is 9.97. The molecule has 0 spiro atoms. The number of benzene rings is 1. The quantitative estimate of drug-likeness (QED) is 0.356. The lowest BCUT2D eigenvalue weighted by molar-refractivity contribution is -0.114. The van der Waals surface area contributed by atoms with Crippen LogP contribution in [0.25, 0.3) is 22.3 Å². The van der Waals surface area contributed by atoms with Gasteiger partial charge in [0.1, 0.15) is 5.75 Å². The predicted octanol–water partition coefficient (Wildman–Crippen LogP) is 4.68. The maximum absolute atomic E-state index is 13.6. The van der Waals surface area contributed by atoms with Gasteiger partial charge >= 0.3 is 0 Å². The van der Waals surface area contributed by atoms with E-state index in [4.69, 9.17) is 4.74 Å². The first-order chi connectivity index (χ1) is 17.9. The largest absolute Gasteiger partial charge is 0.495 e. The van der Waals surface area contributed by atoms with Crippen LogP contribution in [0.5, 0.6) is 5.75 Å². The monoisotopic (exact) mass is 499 g/mol. The van der Waals surface area contributed by atoms with Crippen LogP contribution in [0.3, 0.4) is 0 Å². The minimum Gasteiger partial charge on any atom is -0.495 e. The number of rotatable bonds is 7. The molecule has 9 nitrogen and oxygen atoms in total. The molecule has 0 atom stereocenters. The van der Waals surface area contributed by atoms with E-state index in [1.54, 1.807) is 36.2 Å². The van der Waals surface area contributed by atoms with Crippen molar-refractivity contribution in [1.29, 1.82) is 0 Å². The first-order valence-electron chi connectivity index (χ1n) is 11.7. The summed E-state index contributed by atoms with van der Waals surface area (Å²) in [7, 11) is 3.60. The zero-order valence-corrected chi connectivity index (χ0v) is 20.5. The lowest BCUT2D eigenvalue weighted by Gasteiger charge is -2.24. The summed E-state index contributed by atoms with van der Waals surface area (Å²) in [5.74, 6) is -1.13. The molecule has 4 heterocycles. The number of halogens is 1. The summed E-state index contributed by atoms with van der Waals surface area (Å²) in [6, 6.07) is 11.1. The molecule has 1 amide bonds. The van der Waals surface area contributed by atoms with Crippen LogP contribution in [0.1, 0.15) is 12.0 Å². The Hall–Kier alpha value is -4.57. The fraction of sp³-hybridized carbons (Fsp3) is 0.185. The Balaban J connectivity index is 1.53. The van der Waals surface area contributed by atoms with Crippen LogP contribution in [0.4, 0.5) is 21.7 Å². The second kappa shape index (κ2) is 10.2. The summed E-state index contributed by atoms with van der Waals surface area (Å²) in [6.07, 6.45) is 8.14. The number of anilines is 3. The molecule has 1 aromatic carbocycles. The Morgan fingerprint density at radius 3 is 2.81 bits per heavy atom. The zero-order valence-electron chi connectivity index (χ0n) is 20.5. The van der Waals surface area contributed by atoms with Gasteiger partial charge < -0.3 is 20.3 Å². The van der Waals surface area contributed by atoms with Crippen LogP contribution in [0.2, 0.25) is 0 Å². The van der Waals surface area contributed by atoms with Crippen molar-refractivity contribution in [1.82, 2.24) is 24.5 Å². The number of ether oxygens (including phenoxy) is 1. The molecule has 5 rings (SSSR count). The van der Waals surface area contributed by atoms with E-state index in [1.807, 2.05) is 37.5 Å². The van der Waals surface area contributed by atoms with Gasteiger partial charge in [-0.05, 0) is 49.4 Å². The highest BCUT2D eigenvalue weighted by Crippen LogP contribution is 2.38. The number of nitrogens with zero attached hydrogens (tertiary/aromatic N) is 5. The molecular formula is C27H26FN7O2. The van der Waals surface area contributed by atoms with E-state index in [1.165, 1.54) is 0 Å². The van der Waals surface area contributed by atoms with Gasteiger partial charge in [0.2, 0.25) is 5.95 Å². The minimum atomic E-state index is -1.07. The Kier molecular flexibility index (Phi) is 6.65. The highest BCUT2D eigenvalue weighted by molar-refractivity contribution is 6.04. The molecule has 0 saturated heterocycles. The molecule has 37 heavy (non-hydrogen) atoms. The number of methoxy groups -OCH3 is 1. The van der Waals surface area contributed by atoms with Gasteiger partial charge in [0.05, 0.1) is 35.9 Å². The molecule has 3 aromatic heterocycles. The van der Waals surface area contributed by atoms with Crippen molar-refractivity contribution in [2.45, 2.75) is 6.42 Å². The lowest BCUT2D eigenvalue weighted by Crippen LogP contribution is -2.24. The standard InChI is InChI=1S/C27H26FN7O2/c1-17(28)26(36)31-22-15-23(25(37-3)14-19(22)18-8-12-34(2)13-9-18)33-27-29-10-7-21(32-27)20-16-30-35-11-5-4-6-24(20)35/h4-8,10-11,14-16H,1,9,12-13H2,2-3H3,(H,31,36)(H,29,32,33). The highest BCUT2D eigenvalue weighted by Gasteiger charge is 2.20. The molecule has 1 aliphatic heterocycles. The van der Waals surface area contributed by atoms with E-state index in [0.717, 1.165) is 41.7 Å². The van der Waals surface area contributed by atoms with Crippen LogP contribution in [0, 0.1) is 0 Å². The minimum absolute atomic E-state index is 0.324. The number of nitrogens with one attached hydrogen (secondary N) is 2. The maximum atomic E-state index is 13.6. The van der Waals surface area contributed by atoms with Gasteiger partial charge in [-0.25, -0.2) is 18.9 Å². The van der Waals surface area contributed by atoms with Crippen molar-refractivity contribution in [3.8, 4) is 17.0 Å². The summed E-state index contributed by atoms with van der Waals surface area (Å²) in [6.45, 7) is 4.75. The third-order valence-corrected chi connectivity index (χ3v) is 6.20. The van der Waals surface area contributed by atoms with Gasteiger partial charge in [-0.2, -0.15) is 5.10 Å². The van der Waals surface area contributed by atoms with Crippen molar-refractivity contribution in [2.75, 3.05) is 37.9 Å². The molecule has 0 unspecified atom stereocenters. The molecule has 1 aliphatic rings. The molecule has 0 bridgehead atoms. The average molecular weight is 500 g/mol. The third-order valence-electron chi connectivity index (χ3n) is 6.20. The first kappa shape index (κ1) is 24.1. The van der Waals surface area contributed by atoms with Crippen molar-refractivity contribution >= 4 is 34.3 Å². The van der Waals surface area contributed by atoms with Crippen LogP contribution < -0.4 is 15.4 Å². The van der Waals surface area contributed by atoms with E-state index in [0.29, 0.717) is 28.8 Å². The van der Waals surface area contributed by atoms with E-state index in [2.05, 4.69) is 43.3 Å². The van der Waals surface area contributed by atoms with Crippen LogP contribution in [0.15, 0.2) is 73.5 Å². The van der Waals surface area contributed by atoms with Gasteiger partial charge in [-0.1, -0.05) is 18.7 Å². The van der Waals surface area contributed by atoms with Gasteiger partial charge in [0.25, 0.3) is 5.91 Å². The molecule has 0 saturated carbocycles. The Morgan fingerprint density at radius 2 is 2.05 bits per heavy atom. The number of carbonyl (C=O) groups excluding carboxylic acids is 1. The Bertz CT molecular complexity index is 1530. The number of aromatic nitrogens is 4. The molecular weight excluding hydrogens is 473 g/mol. The van der Waals surface area contributed by atoms with Crippen molar-refractivity contribution in [2.24, 2.45) is 0 Å². The van der Waals surface area contributed by atoms with Crippen LogP contribution >= 0.6 is 0 Å². The molecule has 0 radical (unpaired) electrons. The summed E-state index contributed by atoms with van der Waals surface area (Å²) in [4.78, 5) is 23.4. The average Bonchev–Trinajstić information content (AvgIpc) is 3.34. The number of amides is 1. The number of carbonyl (C=O) groups is 1. The van der Waals surface area contributed by atoms with E-state index in [9.17, 15) is 9.18 Å². The molecule has 4 aromatic rings. The van der Waals surface area contributed by atoms with Crippen molar-refractivity contribution in [3.05, 3.63) is 79.0 Å². The fourth-order valence-electron chi connectivity index (χ4n) is 4.24. The van der Waals surface area contributed by atoms with Gasteiger partial charge in [0, 0.05) is 36.6 Å². The van der Waals surface area contributed by atoms with Crippen LogP contribution in [-0.4, -0.2) is 57.6 Å². The van der Waals surface area contributed by atoms with Crippen LogP contribution in [-0.2, 0) is 4.79 Å². The number of pyridine rings is 1. The summed E-state index contributed by atoms with van der Waals surface area (Å²) < 4.78 is 21.0. The molecule has 188 valence electrons. The number of fused-ring (bicyclic) bond motifs is 1. The SMILES string of the molecule is C=C(F)C(=O)Nc1cc(Nc2nccc(-c3cnn4ccccc34)n2)c(OC)cc1C1=CCN(C)CC1. The normalized spacial score (nSPS) is 13.8. The van der Waals surface area contributed by atoms with Crippen molar-refractivity contribution < 1.29 is 13.9 Å². The number of likely N-dealkylation sites (N-methyl/N-ethyl adjacent to an activating group) is 1. The second-order valence-corrected chi connectivity index (χ2v) is 8.68. The molecule has 0 aliphatic carbocycles. The summed E-state index contributed by atoms with van der Waals surface area (Å²) in [5, 5.41) is 10.2.